The maximum absolute atomic E-state index is 11.4. The maximum atomic E-state index is 11.4. The molecule has 0 aromatic carbocycles. The standard InChI is InChI=1S/C11H24N2O/c1-6-10(7-2)12-9(3)8-11(14)13(4)5/h9-10,12H,6-8H2,1-5H3/t9-/m1/s1. The average molecular weight is 200 g/mol. The molecule has 3 nitrogen and oxygen atoms in total. The number of carbonyl (C=O) groups excluding carboxylic acids is 1. The van der Waals surface area contributed by atoms with Gasteiger partial charge >= 0.3 is 0 Å². The summed E-state index contributed by atoms with van der Waals surface area (Å²) in [4.78, 5) is 13.0. The molecule has 0 aromatic heterocycles. The van der Waals surface area contributed by atoms with Crippen molar-refractivity contribution in [1.29, 1.82) is 0 Å². The highest BCUT2D eigenvalue weighted by atomic mass is 16.2. The second-order valence-corrected chi connectivity index (χ2v) is 4.07. The van der Waals surface area contributed by atoms with E-state index < -0.39 is 0 Å². The molecular weight excluding hydrogens is 176 g/mol. The van der Waals surface area contributed by atoms with Gasteiger partial charge in [-0.1, -0.05) is 13.8 Å². The highest BCUT2D eigenvalue weighted by Crippen LogP contribution is 2.01. The normalized spacial score (nSPS) is 13.0. The van der Waals surface area contributed by atoms with Crippen LogP contribution in [-0.2, 0) is 4.79 Å². The molecule has 0 aliphatic heterocycles. The zero-order valence-corrected chi connectivity index (χ0v) is 10.1. The SMILES string of the molecule is CCC(CC)N[C@H](C)CC(=O)N(C)C. The summed E-state index contributed by atoms with van der Waals surface area (Å²) in [5, 5.41) is 3.45. The number of amides is 1. The first-order valence-electron chi connectivity index (χ1n) is 5.47. The largest absolute Gasteiger partial charge is 0.349 e. The van der Waals surface area contributed by atoms with Gasteiger partial charge in [0.2, 0.25) is 5.91 Å². The van der Waals surface area contributed by atoms with E-state index in [1.807, 2.05) is 0 Å². The first-order valence-corrected chi connectivity index (χ1v) is 5.47. The lowest BCUT2D eigenvalue weighted by atomic mass is 10.1. The number of rotatable bonds is 6. The van der Waals surface area contributed by atoms with E-state index in [4.69, 9.17) is 0 Å². The predicted molar refractivity (Wildman–Crippen MR) is 60.3 cm³/mol. The molecular formula is C11H24N2O. The summed E-state index contributed by atoms with van der Waals surface area (Å²) >= 11 is 0. The summed E-state index contributed by atoms with van der Waals surface area (Å²) in [6.07, 6.45) is 2.83. The zero-order chi connectivity index (χ0) is 11.1. The second kappa shape index (κ2) is 6.82. The molecule has 0 unspecified atom stereocenters. The molecule has 84 valence electrons. The van der Waals surface area contributed by atoms with Crippen LogP contribution in [0, 0.1) is 0 Å². The van der Waals surface area contributed by atoms with E-state index in [0.29, 0.717) is 12.5 Å². The minimum Gasteiger partial charge on any atom is -0.349 e. The van der Waals surface area contributed by atoms with Crippen molar-refractivity contribution in [2.45, 2.75) is 52.1 Å². The van der Waals surface area contributed by atoms with Crippen molar-refractivity contribution < 1.29 is 4.79 Å². The third-order valence-electron chi connectivity index (χ3n) is 2.49. The fourth-order valence-corrected chi connectivity index (χ4v) is 1.43. The van der Waals surface area contributed by atoms with Crippen LogP contribution in [-0.4, -0.2) is 37.0 Å². The molecule has 0 radical (unpaired) electrons. The Morgan fingerprint density at radius 3 is 2.14 bits per heavy atom. The molecule has 0 saturated carbocycles. The summed E-state index contributed by atoms with van der Waals surface area (Å²) in [6, 6.07) is 0.815. The predicted octanol–water partition coefficient (Wildman–Crippen LogP) is 1.63. The first kappa shape index (κ1) is 13.4. The van der Waals surface area contributed by atoms with E-state index in [1.165, 1.54) is 0 Å². The Morgan fingerprint density at radius 2 is 1.79 bits per heavy atom. The van der Waals surface area contributed by atoms with E-state index in [1.54, 1.807) is 19.0 Å². The number of nitrogens with one attached hydrogen (secondary N) is 1. The fourth-order valence-electron chi connectivity index (χ4n) is 1.43. The Bertz CT molecular complexity index is 165. The summed E-state index contributed by atoms with van der Waals surface area (Å²) in [7, 11) is 3.60. The molecule has 1 atom stereocenters. The molecule has 0 heterocycles. The van der Waals surface area contributed by atoms with Crippen molar-refractivity contribution in [3.05, 3.63) is 0 Å². The minimum absolute atomic E-state index is 0.191. The molecule has 1 amide bonds. The van der Waals surface area contributed by atoms with Crippen molar-refractivity contribution >= 4 is 5.91 Å². The number of hydrogen-bond donors (Lipinski definition) is 1. The summed E-state index contributed by atoms with van der Waals surface area (Å²) in [5.41, 5.74) is 0. The molecule has 0 aromatic rings. The van der Waals surface area contributed by atoms with Crippen molar-refractivity contribution in [3.8, 4) is 0 Å². The Balaban J connectivity index is 3.84. The lowest BCUT2D eigenvalue weighted by molar-refractivity contribution is -0.129. The highest BCUT2D eigenvalue weighted by Gasteiger charge is 2.13. The van der Waals surface area contributed by atoms with Crippen LogP contribution in [0.25, 0.3) is 0 Å². The number of carbonyl (C=O) groups is 1. The van der Waals surface area contributed by atoms with E-state index in [9.17, 15) is 4.79 Å². The number of hydrogen-bond acceptors (Lipinski definition) is 2. The summed E-state index contributed by atoms with van der Waals surface area (Å²) < 4.78 is 0. The van der Waals surface area contributed by atoms with Crippen molar-refractivity contribution in [1.82, 2.24) is 10.2 Å². The van der Waals surface area contributed by atoms with Crippen LogP contribution in [0.3, 0.4) is 0 Å². The van der Waals surface area contributed by atoms with Gasteiger partial charge in [-0.05, 0) is 19.8 Å². The molecule has 0 fully saturated rings. The van der Waals surface area contributed by atoms with Crippen LogP contribution in [0.15, 0.2) is 0 Å². The second-order valence-electron chi connectivity index (χ2n) is 4.07. The van der Waals surface area contributed by atoms with Gasteiger partial charge in [0.25, 0.3) is 0 Å². The molecule has 0 rings (SSSR count). The highest BCUT2D eigenvalue weighted by molar-refractivity contribution is 5.76. The lowest BCUT2D eigenvalue weighted by Gasteiger charge is -2.21. The monoisotopic (exact) mass is 200 g/mol. The average Bonchev–Trinajstić information content (AvgIpc) is 2.13. The van der Waals surface area contributed by atoms with E-state index in [2.05, 4.69) is 26.1 Å². The van der Waals surface area contributed by atoms with Crippen molar-refractivity contribution in [2.24, 2.45) is 0 Å². The minimum atomic E-state index is 0.191. The Labute approximate surface area is 87.9 Å². The van der Waals surface area contributed by atoms with Gasteiger partial charge in [0.05, 0.1) is 0 Å². The van der Waals surface area contributed by atoms with E-state index >= 15 is 0 Å². The molecule has 0 aliphatic carbocycles. The van der Waals surface area contributed by atoms with Crippen LogP contribution in [0.4, 0.5) is 0 Å². The van der Waals surface area contributed by atoms with Crippen molar-refractivity contribution in [3.63, 3.8) is 0 Å². The molecule has 3 heteroatoms. The first-order chi connectivity index (χ1) is 6.51. The quantitative estimate of drug-likeness (QED) is 0.707. The molecule has 1 N–H and O–H groups in total. The van der Waals surface area contributed by atoms with Gasteiger partial charge < -0.3 is 10.2 Å². The van der Waals surface area contributed by atoms with E-state index in [0.717, 1.165) is 12.8 Å². The van der Waals surface area contributed by atoms with Crippen LogP contribution < -0.4 is 5.32 Å². The fraction of sp³-hybridized carbons (Fsp3) is 0.909. The van der Waals surface area contributed by atoms with Gasteiger partial charge in [-0.2, -0.15) is 0 Å². The smallest absolute Gasteiger partial charge is 0.223 e. The molecule has 0 aliphatic rings. The lowest BCUT2D eigenvalue weighted by Crippen LogP contribution is -2.39. The molecule has 0 saturated heterocycles. The topological polar surface area (TPSA) is 32.3 Å². The van der Waals surface area contributed by atoms with Gasteiger partial charge in [0.1, 0.15) is 0 Å². The van der Waals surface area contributed by atoms with Gasteiger partial charge in [0.15, 0.2) is 0 Å². The maximum Gasteiger partial charge on any atom is 0.223 e. The van der Waals surface area contributed by atoms with E-state index in [-0.39, 0.29) is 11.9 Å². The zero-order valence-electron chi connectivity index (χ0n) is 10.1. The Hall–Kier alpha value is -0.570. The van der Waals surface area contributed by atoms with Gasteiger partial charge in [-0.3, -0.25) is 4.79 Å². The molecule has 0 spiro atoms. The van der Waals surface area contributed by atoms with Gasteiger partial charge in [0, 0.05) is 32.6 Å². The van der Waals surface area contributed by atoms with Crippen LogP contribution in [0.5, 0.6) is 0 Å². The Morgan fingerprint density at radius 1 is 1.29 bits per heavy atom. The third-order valence-corrected chi connectivity index (χ3v) is 2.49. The van der Waals surface area contributed by atoms with Crippen LogP contribution in [0.1, 0.15) is 40.0 Å². The number of nitrogens with zero attached hydrogens (tertiary/aromatic N) is 1. The third kappa shape index (κ3) is 5.22. The van der Waals surface area contributed by atoms with Crippen LogP contribution >= 0.6 is 0 Å². The van der Waals surface area contributed by atoms with Crippen LogP contribution in [0.2, 0.25) is 0 Å². The molecule has 14 heavy (non-hydrogen) atoms. The summed E-state index contributed by atoms with van der Waals surface area (Å²) in [5.74, 6) is 0.191. The van der Waals surface area contributed by atoms with Gasteiger partial charge in [-0.15, -0.1) is 0 Å². The van der Waals surface area contributed by atoms with Crippen molar-refractivity contribution in [2.75, 3.05) is 14.1 Å². The Kier molecular flexibility index (Phi) is 6.54. The summed E-state index contributed by atoms with van der Waals surface area (Å²) in [6.45, 7) is 6.41. The molecule has 0 bridgehead atoms. The van der Waals surface area contributed by atoms with Gasteiger partial charge in [-0.25, -0.2) is 0 Å².